The normalized spacial score (nSPS) is 16.1. The molecule has 0 bridgehead atoms. The Labute approximate surface area is 159 Å². The average Bonchev–Trinajstić information content (AvgIpc) is 2.89. The average molecular weight is 377 g/mol. The number of nitrogens with zero attached hydrogens (tertiary/aromatic N) is 2. The first-order valence-electron chi connectivity index (χ1n) is 9.26. The smallest absolute Gasteiger partial charge is 0.341 e. The number of carbonyl (C=O) groups is 2. The van der Waals surface area contributed by atoms with Crippen molar-refractivity contribution < 1.29 is 19.2 Å². The Morgan fingerprint density at radius 1 is 1.22 bits per heavy atom. The Morgan fingerprint density at radius 3 is 2.41 bits per heavy atom. The summed E-state index contributed by atoms with van der Waals surface area (Å²) < 4.78 is 5.30. The minimum atomic E-state index is -0.977. The van der Waals surface area contributed by atoms with Crippen LogP contribution in [-0.2, 0) is 9.53 Å². The minimum absolute atomic E-state index is 0.0586. The standard InChI is InChI=1S/C19H27N3O5/c1-13(18(23)20-14-8-6-4-5-7-9-14)27-19(24)16-12-15(22(25)26)10-11-17(16)21(2)3/h10-14H,4-9H2,1-3H3,(H,20,23)/t13-/m1/s1. The van der Waals surface area contributed by atoms with Gasteiger partial charge in [-0.15, -0.1) is 0 Å². The highest BCUT2D eigenvalue weighted by Crippen LogP contribution is 2.25. The number of nitrogens with one attached hydrogen (secondary N) is 1. The van der Waals surface area contributed by atoms with Crippen molar-refractivity contribution in [2.24, 2.45) is 0 Å². The van der Waals surface area contributed by atoms with Gasteiger partial charge in [0, 0.05) is 32.3 Å². The van der Waals surface area contributed by atoms with Crippen molar-refractivity contribution in [3.8, 4) is 0 Å². The second-order valence-corrected chi connectivity index (χ2v) is 7.10. The van der Waals surface area contributed by atoms with Crippen molar-refractivity contribution in [3.05, 3.63) is 33.9 Å². The molecule has 1 aromatic carbocycles. The van der Waals surface area contributed by atoms with E-state index >= 15 is 0 Å². The fourth-order valence-electron chi connectivity index (χ4n) is 3.21. The molecule has 1 atom stereocenters. The first kappa shape index (κ1) is 20.7. The molecule has 0 saturated heterocycles. The Morgan fingerprint density at radius 2 is 1.85 bits per heavy atom. The number of anilines is 1. The van der Waals surface area contributed by atoms with E-state index in [4.69, 9.17) is 4.74 Å². The maximum absolute atomic E-state index is 12.6. The van der Waals surface area contributed by atoms with Crippen LogP contribution in [0.5, 0.6) is 0 Å². The second-order valence-electron chi connectivity index (χ2n) is 7.10. The third-order valence-corrected chi connectivity index (χ3v) is 4.75. The molecule has 1 amide bonds. The fourth-order valence-corrected chi connectivity index (χ4v) is 3.21. The van der Waals surface area contributed by atoms with Crippen LogP contribution < -0.4 is 10.2 Å². The van der Waals surface area contributed by atoms with Gasteiger partial charge in [0.1, 0.15) is 0 Å². The number of non-ortho nitro benzene ring substituents is 1. The van der Waals surface area contributed by atoms with Crippen LogP contribution in [0.1, 0.15) is 55.8 Å². The van der Waals surface area contributed by atoms with E-state index in [1.807, 2.05) is 0 Å². The molecule has 1 aromatic rings. The number of hydrogen-bond acceptors (Lipinski definition) is 6. The lowest BCUT2D eigenvalue weighted by Gasteiger charge is -2.21. The number of amides is 1. The first-order chi connectivity index (χ1) is 12.8. The molecule has 1 saturated carbocycles. The van der Waals surface area contributed by atoms with Gasteiger partial charge < -0.3 is 15.0 Å². The molecule has 1 aliphatic carbocycles. The lowest BCUT2D eigenvalue weighted by atomic mass is 10.1. The van der Waals surface area contributed by atoms with Gasteiger partial charge in [-0.1, -0.05) is 25.7 Å². The van der Waals surface area contributed by atoms with Gasteiger partial charge in [0.25, 0.3) is 11.6 Å². The van der Waals surface area contributed by atoms with E-state index in [1.54, 1.807) is 19.0 Å². The summed E-state index contributed by atoms with van der Waals surface area (Å²) in [7, 11) is 3.44. The highest BCUT2D eigenvalue weighted by atomic mass is 16.6. The maximum Gasteiger partial charge on any atom is 0.341 e. The SMILES string of the molecule is C[C@@H](OC(=O)c1cc([N+](=O)[O-])ccc1N(C)C)C(=O)NC1CCCCCC1. The van der Waals surface area contributed by atoms with Crippen LogP contribution in [0.15, 0.2) is 18.2 Å². The Hall–Kier alpha value is -2.64. The van der Waals surface area contributed by atoms with Crippen LogP contribution in [0.4, 0.5) is 11.4 Å². The van der Waals surface area contributed by atoms with E-state index in [0.717, 1.165) is 25.7 Å². The lowest BCUT2D eigenvalue weighted by molar-refractivity contribution is -0.384. The van der Waals surface area contributed by atoms with Gasteiger partial charge >= 0.3 is 5.97 Å². The molecule has 0 unspecified atom stereocenters. The molecule has 27 heavy (non-hydrogen) atoms. The van der Waals surface area contributed by atoms with Gasteiger partial charge in [0.2, 0.25) is 0 Å². The van der Waals surface area contributed by atoms with Crippen LogP contribution >= 0.6 is 0 Å². The van der Waals surface area contributed by atoms with Gasteiger partial charge in [-0.05, 0) is 25.8 Å². The summed E-state index contributed by atoms with van der Waals surface area (Å²) in [5.74, 6) is -1.10. The van der Waals surface area contributed by atoms with Crippen molar-refractivity contribution in [3.63, 3.8) is 0 Å². The quantitative estimate of drug-likeness (QED) is 0.354. The summed E-state index contributed by atoms with van der Waals surface area (Å²) in [6.45, 7) is 1.51. The molecule has 0 aliphatic heterocycles. The van der Waals surface area contributed by atoms with Gasteiger partial charge in [-0.3, -0.25) is 14.9 Å². The molecule has 0 radical (unpaired) electrons. The molecule has 2 rings (SSSR count). The van der Waals surface area contributed by atoms with Crippen molar-refractivity contribution in [2.45, 2.75) is 57.6 Å². The Bertz CT molecular complexity index is 697. The summed E-state index contributed by atoms with van der Waals surface area (Å²) in [5, 5.41) is 14.0. The number of rotatable bonds is 6. The zero-order valence-corrected chi connectivity index (χ0v) is 16.1. The van der Waals surface area contributed by atoms with E-state index in [0.29, 0.717) is 5.69 Å². The number of benzene rings is 1. The number of esters is 1. The van der Waals surface area contributed by atoms with Gasteiger partial charge in [0.05, 0.1) is 16.2 Å². The van der Waals surface area contributed by atoms with Crippen LogP contribution in [0, 0.1) is 10.1 Å². The first-order valence-corrected chi connectivity index (χ1v) is 9.26. The van der Waals surface area contributed by atoms with Crippen LogP contribution in [0.2, 0.25) is 0 Å². The van der Waals surface area contributed by atoms with Gasteiger partial charge in [-0.2, -0.15) is 0 Å². The Balaban J connectivity index is 2.07. The molecule has 1 aliphatic rings. The minimum Gasteiger partial charge on any atom is -0.449 e. The topological polar surface area (TPSA) is 102 Å². The van der Waals surface area contributed by atoms with E-state index in [9.17, 15) is 19.7 Å². The molecular formula is C19H27N3O5. The summed E-state index contributed by atoms with van der Waals surface area (Å²) in [6.07, 6.45) is 5.41. The number of nitro groups is 1. The predicted octanol–water partition coefficient (Wildman–Crippen LogP) is 3.05. The van der Waals surface area contributed by atoms with Crippen molar-refractivity contribution in [1.29, 1.82) is 0 Å². The number of ether oxygens (including phenoxy) is 1. The summed E-state index contributed by atoms with van der Waals surface area (Å²) >= 11 is 0. The zero-order chi connectivity index (χ0) is 20.0. The highest BCUT2D eigenvalue weighted by Gasteiger charge is 2.25. The van der Waals surface area contributed by atoms with E-state index in [2.05, 4.69) is 5.32 Å². The zero-order valence-electron chi connectivity index (χ0n) is 16.1. The lowest BCUT2D eigenvalue weighted by Crippen LogP contribution is -2.42. The van der Waals surface area contributed by atoms with Crippen LogP contribution in [0.3, 0.4) is 0 Å². The Kier molecular flexibility index (Phi) is 7.15. The molecule has 0 aromatic heterocycles. The summed E-state index contributed by atoms with van der Waals surface area (Å²) in [5.41, 5.74) is 0.341. The van der Waals surface area contributed by atoms with E-state index in [-0.39, 0.29) is 23.2 Å². The summed E-state index contributed by atoms with van der Waals surface area (Å²) in [6, 6.07) is 4.10. The predicted molar refractivity (Wildman–Crippen MR) is 102 cm³/mol. The molecule has 0 spiro atoms. The van der Waals surface area contributed by atoms with Gasteiger partial charge in [0.15, 0.2) is 6.10 Å². The largest absolute Gasteiger partial charge is 0.449 e. The molecule has 8 heteroatoms. The van der Waals surface area contributed by atoms with Crippen molar-refractivity contribution in [1.82, 2.24) is 5.32 Å². The number of carbonyl (C=O) groups excluding carboxylic acids is 2. The molecule has 1 N–H and O–H groups in total. The van der Waals surface area contributed by atoms with Crippen molar-refractivity contribution in [2.75, 3.05) is 19.0 Å². The van der Waals surface area contributed by atoms with Crippen molar-refractivity contribution >= 4 is 23.3 Å². The van der Waals surface area contributed by atoms with E-state index < -0.39 is 17.0 Å². The summed E-state index contributed by atoms with van der Waals surface area (Å²) in [4.78, 5) is 37.0. The number of nitro benzene ring substituents is 1. The molecular weight excluding hydrogens is 350 g/mol. The van der Waals surface area contributed by atoms with Crippen LogP contribution in [0.25, 0.3) is 0 Å². The number of hydrogen-bond donors (Lipinski definition) is 1. The molecule has 1 fully saturated rings. The fraction of sp³-hybridized carbons (Fsp3) is 0.579. The monoisotopic (exact) mass is 377 g/mol. The molecule has 0 heterocycles. The second kappa shape index (κ2) is 9.34. The highest BCUT2D eigenvalue weighted by molar-refractivity contribution is 5.98. The third-order valence-electron chi connectivity index (χ3n) is 4.75. The van der Waals surface area contributed by atoms with E-state index in [1.165, 1.54) is 38.0 Å². The molecule has 8 nitrogen and oxygen atoms in total. The molecule has 148 valence electrons. The third kappa shape index (κ3) is 5.67. The maximum atomic E-state index is 12.6. The van der Waals surface area contributed by atoms with Crippen LogP contribution in [-0.4, -0.2) is 43.0 Å². The van der Waals surface area contributed by atoms with Gasteiger partial charge in [-0.25, -0.2) is 4.79 Å².